The molecule has 4 nitrogen and oxygen atoms in total. The van der Waals surface area contributed by atoms with Gasteiger partial charge in [-0.2, -0.15) is 4.31 Å². The molecule has 1 fully saturated rings. The third-order valence-corrected chi connectivity index (χ3v) is 5.83. The second-order valence-electron chi connectivity index (χ2n) is 5.86. The number of sulfonamides is 1. The van der Waals surface area contributed by atoms with Gasteiger partial charge in [-0.05, 0) is 30.0 Å². The predicted octanol–water partition coefficient (Wildman–Crippen LogP) is 2.10. The second kappa shape index (κ2) is 5.98. The van der Waals surface area contributed by atoms with Crippen LogP contribution in [0.4, 0.5) is 0 Å². The quantitative estimate of drug-likeness (QED) is 0.846. The number of hydrogen-bond acceptors (Lipinski definition) is 3. The molecule has 114 valence electrons. The number of halogens is 1. The van der Waals surface area contributed by atoms with E-state index >= 15 is 0 Å². The van der Waals surface area contributed by atoms with E-state index in [1.54, 1.807) is 6.07 Å². The van der Waals surface area contributed by atoms with E-state index in [0.29, 0.717) is 18.7 Å². The lowest BCUT2D eigenvalue weighted by Crippen LogP contribution is -2.30. The first-order chi connectivity index (χ1) is 9.76. The van der Waals surface area contributed by atoms with Gasteiger partial charge in [-0.25, -0.2) is 8.42 Å². The van der Waals surface area contributed by atoms with Crippen molar-refractivity contribution < 1.29 is 13.5 Å². The Bertz CT molecular complexity index is 701. The average Bonchev–Trinajstić information content (AvgIpc) is 2.77. The molecule has 0 radical (unpaired) electrons. The molecule has 1 heterocycles. The van der Waals surface area contributed by atoms with Crippen LogP contribution in [0.2, 0.25) is 5.02 Å². The smallest absolute Gasteiger partial charge is 0.244 e. The summed E-state index contributed by atoms with van der Waals surface area (Å²) < 4.78 is 26.7. The molecule has 0 bridgehead atoms. The maximum atomic E-state index is 12.6. The Hall–Kier alpha value is -1.06. The Morgan fingerprint density at radius 2 is 2.14 bits per heavy atom. The highest BCUT2D eigenvalue weighted by molar-refractivity contribution is 7.89. The van der Waals surface area contributed by atoms with Crippen LogP contribution in [0, 0.1) is 17.3 Å². The van der Waals surface area contributed by atoms with E-state index in [2.05, 4.69) is 25.7 Å². The van der Waals surface area contributed by atoms with Crippen molar-refractivity contribution in [3.63, 3.8) is 0 Å². The molecule has 6 heteroatoms. The van der Waals surface area contributed by atoms with Gasteiger partial charge in [0.05, 0.1) is 5.02 Å². The fraction of sp³-hybridized carbons (Fsp3) is 0.467. The highest BCUT2D eigenvalue weighted by atomic mass is 35.5. The highest BCUT2D eigenvalue weighted by Crippen LogP contribution is 2.34. The molecule has 0 spiro atoms. The zero-order valence-corrected chi connectivity index (χ0v) is 13.6. The van der Waals surface area contributed by atoms with Crippen molar-refractivity contribution in [2.45, 2.75) is 25.2 Å². The van der Waals surface area contributed by atoms with Gasteiger partial charge in [-0.15, -0.1) is 0 Å². The van der Waals surface area contributed by atoms with Gasteiger partial charge in [0.1, 0.15) is 11.5 Å². The van der Waals surface area contributed by atoms with E-state index in [0.717, 1.165) is 6.42 Å². The second-order valence-corrected chi connectivity index (χ2v) is 8.17. The highest BCUT2D eigenvalue weighted by Gasteiger charge is 2.37. The molecule has 1 aliphatic rings. The van der Waals surface area contributed by atoms with E-state index in [1.165, 1.54) is 16.4 Å². The standard InChI is InChI=1S/C15H18ClNO3S/c1-15(2)7-8-17(11-15)21(19,20)14-6-5-12(4-3-9-18)10-13(14)16/h5-6,10,18H,7-9,11H2,1-2H3. The van der Waals surface area contributed by atoms with Crippen LogP contribution in [0.1, 0.15) is 25.8 Å². The number of aliphatic hydroxyl groups excluding tert-OH is 1. The van der Waals surface area contributed by atoms with E-state index in [9.17, 15) is 8.42 Å². The van der Waals surface area contributed by atoms with E-state index < -0.39 is 10.0 Å². The van der Waals surface area contributed by atoms with Crippen LogP contribution in [0.15, 0.2) is 23.1 Å². The lowest BCUT2D eigenvalue weighted by molar-refractivity contribution is 0.350. The normalized spacial score (nSPS) is 18.3. The molecular formula is C15H18ClNO3S. The molecule has 2 rings (SSSR count). The van der Waals surface area contributed by atoms with Crippen LogP contribution in [0.3, 0.4) is 0 Å². The molecule has 1 aromatic rings. The molecule has 0 aromatic heterocycles. The molecule has 0 amide bonds. The van der Waals surface area contributed by atoms with Crippen molar-refractivity contribution in [2.24, 2.45) is 5.41 Å². The summed E-state index contributed by atoms with van der Waals surface area (Å²) in [6, 6.07) is 4.59. The van der Waals surface area contributed by atoms with Gasteiger partial charge < -0.3 is 5.11 Å². The van der Waals surface area contributed by atoms with Crippen LogP contribution in [0.25, 0.3) is 0 Å². The van der Waals surface area contributed by atoms with Crippen LogP contribution < -0.4 is 0 Å². The van der Waals surface area contributed by atoms with Gasteiger partial charge in [0.25, 0.3) is 0 Å². The zero-order valence-electron chi connectivity index (χ0n) is 12.1. The van der Waals surface area contributed by atoms with Crippen LogP contribution in [-0.2, 0) is 10.0 Å². The SMILES string of the molecule is CC1(C)CCN(S(=O)(=O)c2ccc(C#CCO)cc2Cl)C1. The summed E-state index contributed by atoms with van der Waals surface area (Å²) in [7, 11) is -3.57. The Balaban J connectivity index is 2.33. The number of aliphatic hydroxyl groups is 1. The molecule has 0 atom stereocenters. The summed E-state index contributed by atoms with van der Waals surface area (Å²) in [5.74, 6) is 5.21. The predicted molar refractivity (Wildman–Crippen MR) is 82.6 cm³/mol. The van der Waals surface area contributed by atoms with Crippen molar-refractivity contribution in [2.75, 3.05) is 19.7 Å². The van der Waals surface area contributed by atoms with Gasteiger partial charge in [0.15, 0.2) is 0 Å². The Morgan fingerprint density at radius 3 is 2.67 bits per heavy atom. The zero-order chi connectivity index (χ0) is 15.7. The first kappa shape index (κ1) is 16.3. The lowest BCUT2D eigenvalue weighted by Gasteiger charge is -2.20. The Kier molecular flexibility index (Phi) is 4.64. The first-order valence-electron chi connectivity index (χ1n) is 6.66. The number of nitrogens with zero attached hydrogens (tertiary/aromatic N) is 1. The van der Waals surface area contributed by atoms with Gasteiger partial charge in [0, 0.05) is 18.7 Å². The topological polar surface area (TPSA) is 57.6 Å². The van der Waals surface area contributed by atoms with Crippen molar-refractivity contribution in [1.82, 2.24) is 4.31 Å². The molecule has 1 aromatic carbocycles. The van der Waals surface area contributed by atoms with Crippen LogP contribution >= 0.6 is 11.6 Å². The van der Waals surface area contributed by atoms with E-state index in [-0.39, 0.29) is 21.9 Å². The van der Waals surface area contributed by atoms with Crippen LogP contribution in [-0.4, -0.2) is 37.5 Å². The average molecular weight is 328 g/mol. The van der Waals surface area contributed by atoms with Gasteiger partial charge in [-0.3, -0.25) is 0 Å². The van der Waals surface area contributed by atoms with Gasteiger partial charge in [-0.1, -0.05) is 37.3 Å². The van der Waals surface area contributed by atoms with Crippen molar-refractivity contribution >= 4 is 21.6 Å². The Labute approximate surface area is 130 Å². The maximum Gasteiger partial charge on any atom is 0.244 e. The lowest BCUT2D eigenvalue weighted by atomic mass is 9.93. The minimum atomic E-state index is -3.57. The first-order valence-corrected chi connectivity index (χ1v) is 8.47. The molecule has 1 saturated heterocycles. The largest absolute Gasteiger partial charge is 0.384 e. The van der Waals surface area contributed by atoms with Crippen molar-refractivity contribution in [1.29, 1.82) is 0 Å². The fourth-order valence-corrected chi connectivity index (χ4v) is 4.48. The maximum absolute atomic E-state index is 12.6. The third-order valence-electron chi connectivity index (χ3n) is 3.50. The van der Waals surface area contributed by atoms with Gasteiger partial charge in [0.2, 0.25) is 10.0 Å². The summed E-state index contributed by atoms with van der Waals surface area (Å²) in [5, 5.41) is 8.82. The minimum Gasteiger partial charge on any atom is -0.384 e. The number of rotatable bonds is 2. The summed E-state index contributed by atoms with van der Waals surface area (Å²) in [6.45, 7) is 4.87. The number of hydrogen-bond donors (Lipinski definition) is 1. The molecule has 0 unspecified atom stereocenters. The minimum absolute atomic E-state index is 0.00785. The third kappa shape index (κ3) is 3.58. The molecule has 0 saturated carbocycles. The van der Waals surface area contributed by atoms with Crippen molar-refractivity contribution in [3.8, 4) is 11.8 Å². The van der Waals surface area contributed by atoms with Crippen LogP contribution in [0.5, 0.6) is 0 Å². The summed E-state index contributed by atoms with van der Waals surface area (Å²) >= 11 is 6.11. The van der Waals surface area contributed by atoms with Gasteiger partial charge >= 0.3 is 0 Å². The summed E-state index contributed by atoms with van der Waals surface area (Å²) in [4.78, 5) is 0.108. The Morgan fingerprint density at radius 1 is 1.43 bits per heavy atom. The van der Waals surface area contributed by atoms with Crippen molar-refractivity contribution in [3.05, 3.63) is 28.8 Å². The molecule has 1 N–H and O–H groups in total. The molecule has 1 aliphatic heterocycles. The molecular weight excluding hydrogens is 310 g/mol. The fourth-order valence-electron chi connectivity index (χ4n) is 2.34. The summed E-state index contributed by atoms with van der Waals surface area (Å²) in [6.07, 6.45) is 0.837. The van der Waals surface area contributed by atoms with E-state index in [4.69, 9.17) is 16.7 Å². The number of benzene rings is 1. The monoisotopic (exact) mass is 327 g/mol. The molecule has 0 aliphatic carbocycles. The summed E-state index contributed by atoms with van der Waals surface area (Å²) in [5.41, 5.74) is 0.571. The molecule has 21 heavy (non-hydrogen) atoms. The van der Waals surface area contributed by atoms with E-state index in [1.807, 2.05) is 0 Å².